The Balaban J connectivity index is 1.37. The van der Waals surface area contributed by atoms with Gasteiger partial charge in [0, 0.05) is 37.2 Å². The molecule has 0 radical (unpaired) electrons. The summed E-state index contributed by atoms with van der Waals surface area (Å²) in [7, 11) is 0. The summed E-state index contributed by atoms with van der Waals surface area (Å²) in [6.07, 6.45) is 1.26. The Morgan fingerprint density at radius 3 is 2.61 bits per heavy atom. The summed E-state index contributed by atoms with van der Waals surface area (Å²) in [6.45, 7) is 5.51. The van der Waals surface area contributed by atoms with Gasteiger partial charge in [0.25, 0.3) is 5.91 Å². The molecule has 0 aliphatic carbocycles. The summed E-state index contributed by atoms with van der Waals surface area (Å²) >= 11 is 5.76. The van der Waals surface area contributed by atoms with Gasteiger partial charge < -0.3 is 10.6 Å². The number of likely N-dealkylation sites (tertiary alicyclic amines) is 1. The smallest absolute Gasteiger partial charge is 0.272 e. The lowest BCUT2D eigenvalue weighted by atomic mass is 9.98. The minimum absolute atomic E-state index is 0.0351. The first-order chi connectivity index (χ1) is 14.7. The van der Waals surface area contributed by atoms with Gasteiger partial charge in [-0.05, 0) is 49.2 Å². The summed E-state index contributed by atoms with van der Waals surface area (Å²) in [4.78, 5) is 31.7. The standard InChI is InChI=1S/C23H24ClFN4O2/c1-14-3-4-16(11-15(14)2)21-22(31)28-23(27-21)7-9-29(10-8-23)13-20(30)26-17-5-6-19(25)18(24)12-17/h3-6,11-12H,7-10,13H2,1-2H3,(H,26,30)(H,28,31). The molecule has 0 aromatic heterocycles. The van der Waals surface area contributed by atoms with Crippen LogP contribution >= 0.6 is 11.6 Å². The number of benzene rings is 2. The zero-order valence-electron chi connectivity index (χ0n) is 17.5. The highest BCUT2D eigenvalue weighted by Gasteiger charge is 2.42. The number of nitrogens with one attached hydrogen (secondary N) is 2. The minimum Gasteiger partial charge on any atom is -0.326 e. The van der Waals surface area contributed by atoms with E-state index in [1.165, 1.54) is 23.8 Å². The lowest BCUT2D eigenvalue weighted by Crippen LogP contribution is -2.52. The first kappa shape index (κ1) is 21.5. The van der Waals surface area contributed by atoms with E-state index in [4.69, 9.17) is 16.6 Å². The van der Waals surface area contributed by atoms with Crippen molar-refractivity contribution in [2.45, 2.75) is 32.4 Å². The van der Waals surface area contributed by atoms with E-state index in [2.05, 4.69) is 10.6 Å². The van der Waals surface area contributed by atoms with Gasteiger partial charge in [-0.1, -0.05) is 23.7 Å². The predicted molar refractivity (Wildman–Crippen MR) is 119 cm³/mol. The number of carbonyl (C=O) groups is 2. The Kier molecular flexibility index (Phi) is 5.81. The zero-order valence-corrected chi connectivity index (χ0v) is 18.2. The minimum atomic E-state index is -0.608. The number of rotatable bonds is 4. The van der Waals surface area contributed by atoms with Crippen molar-refractivity contribution in [3.63, 3.8) is 0 Å². The van der Waals surface area contributed by atoms with Gasteiger partial charge in [0.05, 0.1) is 11.6 Å². The van der Waals surface area contributed by atoms with Crippen LogP contribution < -0.4 is 10.6 Å². The molecule has 0 atom stereocenters. The van der Waals surface area contributed by atoms with E-state index < -0.39 is 11.5 Å². The van der Waals surface area contributed by atoms with Crippen molar-refractivity contribution in [1.29, 1.82) is 0 Å². The lowest BCUT2D eigenvalue weighted by Gasteiger charge is -2.36. The maximum atomic E-state index is 13.3. The van der Waals surface area contributed by atoms with Gasteiger partial charge in [0.1, 0.15) is 17.2 Å². The van der Waals surface area contributed by atoms with E-state index in [1.54, 1.807) is 0 Å². The number of carbonyl (C=O) groups excluding carboxylic acids is 2. The molecule has 1 saturated heterocycles. The van der Waals surface area contributed by atoms with E-state index in [9.17, 15) is 14.0 Å². The molecule has 2 aliphatic rings. The number of aliphatic imine (C=N–C) groups is 1. The molecule has 31 heavy (non-hydrogen) atoms. The molecule has 1 spiro atoms. The van der Waals surface area contributed by atoms with E-state index in [0.29, 0.717) is 37.3 Å². The Hall–Kier alpha value is -2.77. The Morgan fingerprint density at radius 2 is 1.94 bits per heavy atom. The van der Waals surface area contributed by atoms with E-state index in [0.717, 1.165) is 11.1 Å². The van der Waals surface area contributed by atoms with E-state index in [-0.39, 0.29) is 23.4 Å². The summed E-state index contributed by atoms with van der Waals surface area (Å²) in [5.41, 5.74) is 3.45. The van der Waals surface area contributed by atoms with Crippen LogP contribution in [-0.2, 0) is 9.59 Å². The number of aryl methyl sites for hydroxylation is 2. The molecule has 2 aromatic carbocycles. The predicted octanol–water partition coefficient (Wildman–Crippen LogP) is 3.45. The fourth-order valence-corrected chi connectivity index (χ4v) is 4.12. The molecule has 2 amide bonds. The molecule has 4 rings (SSSR count). The molecule has 1 fully saturated rings. The quantitative estimate of drug-likeness (QED) is 0.761. The average Bonchev–Trinajstić information content (AvgIpc) is 3.05. The third kappa shape index (κ3) is 4.62. The van der Waals surface area contributed by atoms with Crippen LogP contribution in [0, 0.1) is 19.7 Å². The first-order valence-corrected chi connectivity index (χ1v) is 10.6. The Morgan fingerprint density at radius 1 is 1.19 bits per heavy atom. The fraction of sp³-hybridized carbons (Fsp3) is 0.348. The van der Waals surface area contributed by atoms with Gasteiger partial charge in [-0.25, -0.2) is 4.39 Å². The molecule has 2 heterocycles. The summed E-state index contributed by atoms with van der Waals surface area (Å²) in [5.74, 6) is -0.878. The second-order valence-corrected chi connectivity index (χ2v) is 8.61. The molecule has 0 unspecified atom stereocenters. The number of anilines is 1. The number of amides is 2. The van der Waals surface area contributed by atoms with Crippen molar-refractivity contribution >= 4 is 34.8 Å². The van der Waals surface area contributed by atoms with Crippen molar-refractivity contribution < 1.29 is 14.0 Å². The summed E-state index contributed by atoms with van der Waals surface area (Å²) in [6, 6.07) is 10.0. The van der Waals surface area contributed by atoms with Crippen LogP contribution in [0.15, 0.2) is 41.4 Å². The number of hydrogen-bond acceptors (Lipinski definition) is 4. The highest BCUT2D eigenvalue weighted by atomic mass is 35.5. The lowest BCUT2D eigenvalue weighted by molar-refractivity contribution is -0.119. The van der Waals surface area contributed by atoms with Crippen LogP contribution in [0.5, 0.6) is 0 Å². The second kappa shape index (κ2) is 8.40. The van der Waals surface area contributed by atoms with Crippen LogP contribution in [0.4, 0.5) is 10.1 Å². The van der Waals surface area contributed by atoms with Gasteiger partial charge in [-0.3, -0.25) is 19.5 Å². The SMILES string of the molecule is Cc1ccc(C2=NC3(CCN(CC(=O)Nc4ccc(F)c(Cl)c4)CC3)NC2=O)cc1C. The first-order valence-electron chi connectivity index (χ1n) is 10.2. The number of piperidine rings is 1. The largest absolute Gasteiger partial charge is 0.326 e. The second-order valence-electron chi connectivity index (χ2n) is 8.20. The van der Waals surface area contributed by atoms with E-state index >= 15 is 0 Å². The molecule has 6 nitrogen and oxygen atoms in total. The molecule has 0 bridgehead atoms. The maximum absolute atomic E-state index is 13.3. The van der Waals surface area contributed by atoms with Gasteiger partial charge >= 0.3 is 0 Å². The van der Waals surface area contributed by atoms with Crippen molar-refractivity contribution in [3.8, 4) is 0 Å². The highest BCUT2D eigenvalue weighted by Crippen LogP contribution is 2.29. The third-order valence-electron chi connectivity index (χ3n) is 5.92. The maximum Gasteiger partial charge on any atom is 0.272 e. The third-order valence-corrected chi connectivity index (χ3v) is 6.21. The fourth-order valence-electron chi connectivity index (χ4n) is 3.94. The molecular weight excluding hydrogens is 419 g/mol. The molecule has 8 heteroatoms. The number of hydrogen-bond donors (Lipinski definition) is 2. The van der Waals surface area contributed by atoms with Crippen LogP contribution in [0.25, 0.3) is 0 Å². The van der Waals surface area contributed by atoms with Crippen molar-refractivity contribution in [1.82, 2.24) is 10.2 Å². The molecular formula is C23H24ClFN4O2. The van der Waals surface area contributed by atoms with Crippen molar-refractivity contribution in [2.24, 2.45) is 4.99 Å². The van der Waals surface area contributed by atoms with Crippen molar-refractivity contribution in [2.75, 3.05) is 25.0 Å². The van der Waals surface area contributed by atoms with Gasteiger partial charge in [-0.2, -0.15) is 0 Å². The molecule has 0 saturated carbocycles. The van der Waals surface area contributed by atoms with Crippen LogP contribution in [0.1, 0.15) is 29.5 Å². The van der Waals surface area contributed by atoms with Crippen LogP contribution in [0.2, 0.25) is 5.02 Å². The average molecular weight is 443 g/mol. The topological polar surface area (TPSA) is 73.8 Å². The van der Waals surface area contributed by atoms with Crippen LogP contribution in [-0.4, -0.2) is 47.7 Å². The molecule has 2 N–H and O–H groups in total. The van der Waals surface area contributed by atoms with Gasteiger partial charge in [0.15, 0.2) is 0 Å². The monoisotopic (exact) mass is 442 g/mol. The Labute approximate surface area is 185 Å². The van der Waals surface area contributed by atoms with E-state index in [1.807, 2.05) is 36.9 Å². The summed E-state index contributed by atoms with van der Waals surface area (Å²) < 4.78 is 13.3. The van der Waals surface area contributed by atoms with Crippen LogP contribution in [0.3, 0.4) is 0 Å². The molecule has 2 aliphatic heterocycles. The van der Waals surface area contributed by atoms with Gasteiger partial charge in [-0.15, -0.1) is 0 Å². The normalized spacial score (nSPS) is 18.1. The highest BCUT2D eigenvalue weighted by molar-refractivity contribution is 6.46. The van der Waals surface area contributed by atoms with Crippen molar-refractivity contribution in [3.05, 3.63) is 63.9 Å². The number of nitrogens with zero attached hydrogens (tertiary/aromatic N) is 2. The zero-order chi connectivity index (χ0) is 22.2. The Bertz CT molecular complexity index is 1080. The number of halogens is 2. The van der Waals surface area contributed by atoms with Gasteiger partial charge in [0.2, 0.25) is 5.91 Å². The summed E-state index contributed by atoms with van der Waals surface area (Å²) in [5, 5.41) is 5.76. The molecule has 162 valence electrons. The molecule has 2 aromatic rings.